The molecule has 0 aliphatic carbocycles. The number of hydrogen-bond acceptors (Lipinski definition) is 4. The van der Waals surface area contributed by atoms with Crippen LogP contribution in [0.3, 0.4) is 0 Å². The van der Waals surface area contributed by atoms with Crippen molar-refractivity contribution in [3.63, 3.8) is 0 Å². The van der Waals surface area contributed by atoms with Gasteiger partial charge in [-0.25, -0.2) is 4.98 Å². The van der Waals surface area contributed by atoms with E-state index < -0.39 is 0 Å². The van der Waals surface area contributed by atoms with E-state index >= 15 is 0 Å². The smallest absolute Gasteiger partial charge is 0.122 e. The molecule has 2 N–H and O–H groups in total. The lowest BCUT2D eigenvalue weighted by molar-refractivity contribution is 0.409. The quantitative estimate of drug-likeness (QED) is 0.777. The summed E-state index contributed by atoms with van der Waals surface area (Å²) < 4.78 is 5.58. The summed E-state index contributed by atoms with van der Waals surface area (Å²) >= 11 is 1.69. The summed E-state index contributed by atoms with van der Waals surface area (Å²) in [5.74, 6) is 1.14. The molecule has 3 rings (SSSR count). The molecule has 3 nitrogen and oxygen atoms in total. The summed E-state index contributed by atoms with van der Waals surface area (Å²) in [6, 6.07) is 12.5. The fourth-order valence-corrected chi connectivity index (χ4v) is 3.71. The minimum atomic E-state index is 0.221. The van der Waals surface area contributed by atoms with Crippen LogP contribution in [-0.2, 0) is 6.42 Å². The Morgan fingerprint density at radius 2 is 2.05 bits per heavy atom. The fraction of sp³-hybridized carbons (Fsp3) is 0.278. The highest BCUT2D eigenvalue weighted by Crippen LogP contribution is 2.33. The number of fused-ring (bicyclic) bond motifs is 1. The number of thiazole rings is 1. The van der Waals surface area contributed by atoms with Crippen LogP contribution < -0.4 is 10.5 Å². The summed E-state index contributed by atoms with van der Waals surface area (Å²) in [6.45, 7) is 2.60. The van der Waals surface area contributed by atoms with Crippen molar-refractivity contribution < 1.29 is 4.74 Å². The minimum absolute atomic E-state index is 0.221. The molecular formula is C18H20N2OS. The van der Waals surface area contributed by atoms with E-state index in [0.29, 0.717) is 6.54 Å². The highest BCUT2D eigenvalue weighted by atomic mass is 32.1. The second-order valence-corrected chi connectivity index (χ2v) is 6.32. The fourth-order valence-electron chi connectivity index (χ4n) is 2.80. The maximum absolute atomic E-state index is 6.02. The van der Waals surface area contributed by atoms with Crippen molar-refractivity contribution in [3.05, 3.63) is 58.0 Å². The normalized spacial score (nSPS) is 12.5. The maximum Gasteiger partial charge on any atom is 0.122 e. The second kappa shape index (κ2) is 6.46. The molecule has 114 valence electrons. The van der Waals surface area contributed by atoms with Gasteiger partial charge in [-0.1, -0.05) is 30.3 Å². The molecule has 0 fully saturated rings. The number of methoxy groups -OCH3 is 1. The van der Waals surface area contributed by atoms with Gasteiger partial charge in [-0.2, -0.15) is 0 Å². The highest BCUT2D eigenvalue weighted by molar-refractivity contribution is 7.09. The lowest BCUT2D eigenvalue weighted by Gasteiger charge is -2.17. The van der Waals surface area contributed by atoms with Crippen molar-refractivity contribution in [2.45, 2.75) is 19.3 Å². The standard InChI is InChI=1S/C18H20N2OS/c1-12-11-22-18(20-12)14(10-19)9-16-15-6-4-3-5-13(15)7-8-17(16)21-2/h3-8,11,14H,9-10,19H2,1-2H3. The predicted molar refractivity (Wildman–Crippen MR) is 92.9 cm³/mol. The first-order valence-electron chi connectivity index (χ1n) is 7.39. The van der Waals surface area contributed by atoms with Gasteiger partial charge in [0, 0.05) is 29.1 Å². The molecule has 0 amide bonds. The lowest BCUT2D eigenvalue weighted by atomic mass is 9.94. The van der Waals surface area contributed by atoms with Crippen LogP contribution in [0, 0.1) is 6.92 Å². The average molecular weight is 312 g/mol. The molecule has 3 aromatic rings. The third-order valence-electron chi connectivity index (χ3n) is 3.94. The number of ether oxygens (including phenoxy) is 1. The zero-order valence-corrected chi connectivity index (χ0v) is 13.7. The van der Waals surface area contributed by atoms with Crippen molar-refractivity contribution in [1.29, 1.82) is 0 Å². The van der Waals surface area contributed by atoms with Gasteiger partial charge in [0.15, 0.2) is 0 Å². The van der Waals surface area contributed by atoms with E-state index in [1.54, 1.807) is 18.4 Å². The first kappa shape index (κ1) is 15.0. The highest BCUT2D eigenvalue weighted by Gasteiger charge is 2.18. The summed E-state index contributed by atoms with van der Waals surface area (Å²) in [6.07, 6.45) is 0.841. The van der Waals surface area contributed by atoms with Crippen LogP contribution in [0.4, 0.5) is 0 Å². The Morgan fingerprint density at radius 3 is 2.73 bits per heavy atom. The summed E-state index contributed by atoms with van der Waals surface area (Å²) in [4.78, 5) is 4.61. The van der Waals surface area contributed by atoms with E-state index in [-0.39, 0.29) is 5.92 Å². The van der Waals surface area contributed by atoms with Gasteiger partial charge in [-0.05, 0) is 30.2 Å². The van der Waals surface area contributed by atoms with E-state index in [1.165, 1.54) is 16.3 Å². The van der Waals surface area contributed by atoms with Crippen LogP contribution >= 0.6 is 11.3 Å². The Kier molecular flexibility index (Phi) is 4.41. The summed E-state index contributed by atoms with van der Waals surface area (Å²) in [5, 5.41) is 5.64. The van der Waals surface area contributed by atoms with E-state index in [4.69, 9.17) is 10.5 Å². The van der Waals surface area contributed by atoms with Gasteiger partial charge >= 0.3 is 0 Å². The number of nitrogens with two attached hydrogens (primary N) is 1. The third kappa shape index (κ3) is 2.85. The van der Waals surface area contributed by atoms with Gasteiger partial charge in [-0.3, -0.25) is 0 Å². The van der Waals surface area contributed by atoms with Crippen molar-refractivity contribution in [2.75, 3.05) is 13.7 Å². The molecule has 22 heavy (non-hydrogen) atoms. The zero-order chi connectivity index (χ0) is 15.5. The van der Waals surface area contributed by atoms with Crippen LogP contribution in [0.25, 0.3) is 10.8 Å². The number of benzene rings is 2. The minimum Gasteiger partial charge on any atom is -0.496 e. The SMILES string of the molecule is COc1ccc2ccccc2c1CC(CN)c1nc(C)cs1. The molecule has 4 heteroatoms. The largest absolute Gasteiger partial charge is 0.496 e. The van der Waals surface area contributed by atoms with Crippen molar-refractivity contribution in [1.82, 2.24) is 4.98 Å². The van der Waals surface area contributed by atoms with Crippen molar-refractivity contribution in [3.8, 4) is 5.75 Å². The zero-order valence-electron chi connectivity index (χ0n) is 12.9. The number of rotatable bonds is 5. The van der Waals surface area contributed by atoms with E-state index in [2.05, 4.69) is 40.7 Å². The van der Waals surface area contributed by atoms with Gasteiger partial charge < -0.3 is 10.5 Å². The van der Waals surface area contributed by atoms with Crippen LogP contribution in [0.1, 0.15) is 22.2 Å². The van der Waals surface area contributed by atoms with Crippen LogP contribution in [0.5, 0.6) is 5.75 Å². The van der Waals surface area contributed by atoms with Gasteiger partial charge in [0.05, 0.1) is 12.1 Å². The number of aromatic nitrogens is 1. The van der Waals surface area contributed by atoms with Gasteiger partial charge in [0.1, 0.15) is 5.75 Å². The third-order valence-corrected chi connectivity index (χ3v) is 5.06. The van der Waals surface area contributed by atoms with Crippen LogP contribution in [-0.4, -0.2) is 18.6 Å². The van der Waals surface area contributed by atoms with E-state index in [0.717, 1.165) is 22.9 Å². The lowest BCUT2D eigenvalue weighted by Crippen LogP contribution is -2.15. The maximum atomic E-state index is 6.02. The predicted octanol–water partition coefficient (Wildman–Crippen LogP) is 3.90. The molecule has 0 saturated carbocycles. The molecule has 1 aromatic heterocycles. The van der Waals surface area contributed by atoms with Crippen LogP contribution in [0.2, 0.25) is 0 Å². The van der Waals surface area contributed by atoms with Gasteiger partial charge in [0.25, 0.3) is 0 Å². The molecule has 0 bridgehead atoms. The Labute approximate surface area is 134 Å². The Balaban J connectivity index is 2.04. The molecule has 1 heterocycles. The topological polar surface area (TPSA) is 48.1 Å². The molecule has 0 aliphatic rings. The average Bonchev–Trinajstić information content (AvgIpc) is 2.98. The molecule has 0 spiro atoms. The molecule has 1 atom stereocenters. The number of nitrogens with zero attached hydrogens (tertiary/aromatic N) is 1. The van der Waals surface area contributed by atoms with Crippen molar-refractivity contribution >= 4 is 22.1 Å². The van der Waals surface area contributed by atoms with Crippen molar-refractivity contribution in [2.24, 2.45) is 5.73 Å². The Hall–Kier alpha value is -1.91. The van der Waals surface area contributed by atoms with Crippen LogP contribution in [0.15, 0.2) is 41.8 Å². The molecular weight excluding hydrogens is 292 g/mol. The molecule has 2 aromatic carbocycles. The Morgan fingerprint density at radius 1 is 1.23 bits per heavy atom. The summed E-state index contributed by atoms with van der Waals surface area (Å²) in [7, 11) is 1.72. The molecule has 0 saturated heterocycles. The van der Waals surface area contributed by atoms with Gasteiger partial charge in [0.2, 0.25) is 0 Å². The first-order chi connectivity index (χ1) is 10.7. The second-order valence-electron chi connectivity index (χ2n) is 5.43. The molecule has 1 unspecified atom stereocenters. The van der Waals surface area contributed by atoms with E-state index in [9.17, 15) is 0 Å². The number of aryl methyl sites for hydroxylation is 1. The Bertz CT molecular complexity index is 782. The monoisotopic (exact) mass is 312 g/mol. The first-order valence-corrected chi connectivity index (χ1v) is 8.27. The van der Waals surface area contributed by atoms with Gasteiger partial charge in [-0.15, -0.1) is 11.3 Å². The summed E-state index contributed by atoms with van der Waals surface area (Å²) in [5.41, 5.74) is 8.29. The molecule has 0 aliphatic heterocycles. The molecule has 0 radical (unpaired) electrons. The van der Waals surface area contributed by atoms with E-state index in [1.807, 2.05) is 13.0 Å². The number of hydrogen-bond donors (Lipinski definition) is 1.